The summed E-state index contributed by atoms with van der Waals surface area (Å²) in [6, 6.07) is 4.52. The van der Waals surface area contributed by atoms with Crippen LogP contribution in [0.25, 0.3) is 0 Å². The van der Waals surface area contributed by atoms with E-state index in [2.05, 4.69) is 10.00 Å². The molecule has 1 aromatic heterocycles. The van der Waals surface area contributed by atoms with E-state index in [0.717, 1.165) is 16.8 Å². The minimum atomic E-state index is -0.258. The minimum absolute atomic E-state index is 0.206. The molecule has 0 bridgehead atoms. The van der Waals surface area contributed by atoms with Crippen molar-refractivity contribution in [3.63, 3.8) is 0 Å². The van der Waals surface area contributed by atoms with Crippen molar-refractivity contribution in [3.05, 3.63) is 47.5 Å². The largest absolute Gasteiger partial charge is 0.370 e. The summed E-state index contributed by atoms with van der Waals surface area (Å²) in [6.45, 7) is 2.56. The van der Waals surface area contributed by atoms with Crippen LogP contribution in [0.3, 0.4) is 0 Å². The lowest BCUT2D eigenvalue weighted by Crippen LogP contribution is -2.20. The second kappa shape index (κ2) is 5.40. The molecule has 0 saturated heterocycles. The summed E-state index contributed by atoms with van der Waals surface area (Å²) in [4.78, 5) is 2.05. The SMILES string of the molecule is C[C@H](N)c1cc(F)ccc1N(C)Cc1cnn(C)c1. The molecule has 5 heteroatoms. The third kappa shape index (κ3) is 3.12. The predicted molar refractivity (Wildman–Crippen MR) is 74.3 cm³/mol. The van der Waals surface area contributed by atoms with Crippen LogP contribution in [0.5, 0.6) is 0 Å². The minimum Gasteiger partial charge on any atom is -0.370 e. The van der Waals surface area contributed by atoms with Gasteiger partial charge >= 0.3 is 0 Å². The highest BCUT2D eigenvalue weighted by Gasteiger charge is 2.12. The molecule has 0 aliphatic carbocycles. The molecule has 2 aromatic rings. The molecule has 19 heavy (non-hydrogen) atoms. The molecule has 0 amide bonds. The average Bonchev–Trinajstić information content (AvgIpc) is 2.74. The molecule has 0 spiro atoms. The Bertz CT molecular complexity index is 562. The molecular formula is C14H19FN4. The zero-order chi connectivity index (χ0) is 14.0. The first-order valence-corrected chi connectivity index (χ1v) is 6.21. The molecule has 0 fully saturated rings. The van der Waals surface area contributed by atoms with Gasteiger partial charge < -0.3 is 10.6 Å². The van der Waals surface area contributed by atoms with Crippen LogP contribution in [-0.2, 0) is 13.6 Å². The van der Waals surface area contributed by atoms with Crippen molar-refractivity contribution in [2.75, 3.05) is 11.9 Å². The smallest absolute Gasteiger partial charge is 0.123 e. The van der Waals surface area contributed by atoms with Gasteiger partial charge in [0.05, 0.1) is 6.20 Å². The molecule has 2 rings (SSSR count). The Morgan fingerprint density at radius 1 is 1.47 bits per heavy atom. The van der Waals surface area contributed by atoms with E-state index in [1.54, 1.807) is 10.7 Å². The summed E-state index contributed by atoms with van der Waals surface area (Å²) in [7, 11) is 3.85. The molecule has 0 unspecified atom stereocenters. The summed E-state index contributed by atoms with van der Waals surface area (Å²) < 4.78 is 15.1. The maximum Gasteiger partial charge on any atom is 0.123 e. The lowest BCUT2D eigenvalue weighted by atomic mass is 10.1. The van der Waals surface area contributed by atoms with Crippen molar-refractivity contribution < 1.29 is 4.39 Å². The van der Waals surface area contributed by atoms with Crippen LogP contribution in [0.2, 0.25) is 0 Å². The first kappa shape index (κ1) is 13.5. The highest BCUT2D eigenvalue weighted by molar-refractivity contribution is 5.54. The van der Waals surface area contributed by atoms with Gasteiger partial charge in [-0.3, -0.25) is 4.68 Å². The van der Waals surface area contributed by atoms with Crippen LogP contribution >= 0.6 is 0 Å². The lowest BCUT2D eigenvalue weighted by molar-refractivity contribution is 0.622. The van der Waals surface area contributed by atoms with Gasteiger partial charge in [-0.05, 0) is 30.7 Å². The number of benzene rings is 1. The van der Waals surface area contributed by atoms with Crippen LogP contribution in [0, 0.1) is 5.82 Å². The molecule has 2 N–H and O–H groups in total. The van der Waals surface area contributed by atoms with Gasteiger partial charge in [-0.15, -0.1) is 0 Å². The van der Waals surface area contributed by atoms with Crippen LogP contribution < -0.4 is 10.6 Å². The fraction of sp³-hybridized carbons (Fsp3) is 0.357. The van der Waals surface area contributed by atoms with E-state index in [1.807, 2.05) is 33.4 Å². The number of aromatic nitrogens is 2. The monoisotopic (exact) mass is 262 g/mol. The number of nitrogens with zero attached hydrogens (tertiary/aromatic N) is 3. The van der Waals surface area contributed by atoms with E-state index in [4.69, 9.17) is 5.73 Å². The number of halogens is 1. The van der Waals surface area contributed by atoms with Gasteiger partial charge in [0.2, 0.25) is 0 Å². The predicted octanol–water partition coefficient (Wildman–Crippen LogP) is 2.22. The van der Waals surface area contributed by atoms with E-state index in [9.17, 15) is 4.39 Å². The average molecular weight is 262 g/mol. The second-order valence-corrected chi connectivity index (χ2v) is 4.87. The number of rotatable bonds is 4. The van der Waals surface area contributed by atoms with E-state index in [-0.39, 0.29) is 11.9 Å². The standard InChI is InChI=1S/C14H19FN4/c1-10(16)13-6-12(15)4-5-14(13)18(2)8-11-7-17-19(3)9-11/h4-7,9-10H,8,16H2,1-3H3/t10-/m0/s1. The third-order valence-corrected chi connectivity index (χ3v) is 3.07. The van der Waals surface area contributed by atoms with Gasteiger partial charge in [0.25, 0.3) is 0 Å². The molecule has 0 radical (unpaired) electrons. The van der Waals surface area contributed by atoms with Crippen LogP contribution in [0.4, 0.5) is 10.1 Å². The molecule has 1 atom stereocenters. The number of nitrogens with two attached hydrogens (primary N) is 1. The van der Waals surface area contributed by atoms with E-state index in [0.29, 0.717) is 6.54 Å². The molecule has 0 aliphatic heterocycles. The Morgan fingerprint density at radius 3 is 2.79 bits per heavy atom. The second-order valence-electron chi connectivity index (χ2n) is 4.87. The third-order valence-electron chi connectivity index (χ3n) is 3.07. The molecule has 102 valence electrons. The van der Waals surface area contributed by atoms with Crippen molar-refractivity contribution >= 4 is 5.69 Å². The van der Waals surface area contributed by atoms with Crippen molar-refractivity contribution in [3.8, 4) is 0 Å². The Labute approximate surface area is 112 Å². The van der Waals surface area contributed by atoms with E-state index in [1.165, 1.54) is 12.1 Å². The van der Waals surface area contributed by atoms with Crippen LogP contribution in [0.15, 0.2) is 30.6 Å². The summed E-state index contributed by atoms with van der Waals surface area (Å²) in [5, 5.41) is 4.14. The summed E-state index contributed by atoms with van der Waals surface area (Å²) >= 11 is 0. The molecule has 0 aliphatic rings. The maximum atomic E-state index is 13.3. The van der Waals surface area contributed by atoms with Crippen LogP contribution in [0.1, 0.15) is 24.1 Å². The quantitative estimate of drug-likeness (QED) is 0.919. The number of aryl methyl sites for hydroxylation is 1. The number of hydrogen-bond donors (Lipinski definition) is 1. The topological polar surface area (TPSA) is 47.1 Å². The fourth-order valence-electron chi connectivity index (χ4n) is 2.15. The zero-order valence-electron chi connectivity index (χ0n) is 11.5. The lowest BCUT2D eigenvalue weighted by Gasteiger charge is -2.23. The van der Waals surface area contributed by atoms with Crippen molar-refractivity contribution in [1.82, 2.24) is 9.78 Å². The first-order valence-electron chi connectivity index (χ1n) is 6.21. The van der Waals surface area contributed by atoms with E-state index < -0.39 is 0 Å². The molecule has 1 aromatic carbocycles. The molecular weight excluding hydrogens is 243 g/mol. The van der Waals surface area contributed by atoms with Gasteiger partial charge in [-0.2, -0.15) is 5.10 Å². The van der Waals surface area contributed by atoms with E-state index >= 15 is 0 Å². The Morgan fingerprint density at radius 2 is 2.21 bits per heavy atom. The molecule has 0 saturated carbocycles. The molecule has 1 heterocycles. The Kier molecular flexibility index (Phi) is 3.85. The Balaban J connectivity index is 2.25. The van der Waals surface area contributed by atoms with Gasteiger partial charge in [0.15, 0.2) is 0 Å². The zero-order valence-corrected chi connectivity index (χ0v) is 11.5. The first-order chi connectivity index (χ1) is 8.97. The van der Waals surface area contributed by atoms with Crippen LogP contribution in [-0.4, -0.2) is 16.8 Å². The van der Waals surface area contributed by atoms with Gasteiger partial charge in [0.1, 0.15) is 5.82 Å². The van der Waals surface area contributed by atoms with Crippen molar-refractivity contribution in [1.29, 1.82) is 0 Å². The van der Waals surface area contributed by atoms with Gasteiger partial charge in [0, 0.05) is 44.1 Å². The number of hydrogen-bond acceptors (Lipinski definition) is 3. The van der Waals surface area contributed by atoms with Gasteiger partial charge in [-0.1, -0.05) is 0 Å². The number of anilines is 1. The van der Waals surface area contributed by atoms with Crippen molar-refractivity contribution in [2.24, 2.45) is 12.8 Å². The highest BCUT2D eigenvalue weighted by Crippen LogP contribution is 2.26. The Hall–Kier alpha value is -1.88. The summed E-state index contributed by atoms with van der Waals surface area (Å²) in [5.41, 5.74) is 8.77. The summed E-state index contributed by atoms with van der Waals surface area (Å²) in [5.74, 6) is -0.258. The molecule has 4 nitrogen and oxygen atoms in total. The normalized spacial score (nSPS) is 12.5. The fourth-order valence-corrected chi connectivity index (χ4v) is 2.15. The maximum absolute atomic E-state index is 13.3. The highest BCUT2D eigenvalue weighted by atomic mass is 19.1. The summed E-state index contributed by atoms with van der Waals surface area (Å²) in [6.07, 6.45) is 3.79. The van der Waals surface area contributed by atoms with Crippen molar-refractivity contribution in [2.45, 2.75) is 19.5 Å². The van der Waals surface area contributed by atoms with Gasteiger partial charge in [-0.25, -0.2) is 4.39 Å².